The maximum absolute atomic E-state index is 13.6. The molecular weight excluding hydrogens is 295 g/mol. The molecule has 23 heavy (non-hydrogen) atoms. The monoisotopic (exact) mass is 310 g/mol. The lowest BCUT2D eigenvalue weighted by molar-refractivity contribution is 0.364. The third kappa shape index (κ3) is 2.54. The van der Waals surface area contributed by atoms with Gasteiger partial charge < -0.3 is 4.90 Å². The van der Waals surface area contributed by atoms with Crippen LogP contribution in [-0.4, -0.2) is 44.9 Å². The molecule has 1 N–H and O–H groups in total. The van der Waals surface area contributed by atoms with Crippen molar-refractivity contribution in [3.63, 3.8) is 0 Å². The number of nitrogens with one attached hydrogen (secondary N) is 1. The fourth-order valence-corrected chi connectivity index (χ4v) is 2.96. The molecule has 0 spiro atoms. The topological polar surface area (TPSA) is 70.6 Å². The molecule has 1 aromatic carbocycles. The van der Waals surface area contributed by atoms with E-state index in [2.05, 4.69) is 25.6 Å². The first-order valence-electron chi connectivity index (χ1n) is 7.50. The van der Waals surface area contributed by atoms with Crippen LogP contribution < -0.4 is 4.90 Å². The van der Waals surface area contributed by atoms with Crippen LogP contribution in [0, 0.1) is 0 Å². The number of aromatic amines is 1. The molecule has 0 amide bonds. The molecule has 0 saturated carbocycles. The zero-order chi connectivity index (χ0) is 15.6. The number of alkyl halides is 1. The number of anilines is 1. The number of benzene rings is 1. The van der Waals surface area contributed by atoms with Crippen LogP contribution in [0.3, 0.4) is 0 Å². The molecule has 6 nitrogen and oxygen atoms in total. The number of hydrogen-bond donors (Lipinski definition) is 1. The molecule has 0 unspecified atom stereocenters. The van der Waals surface area contributed by atoms with E-state index in [1.54, 1.807) is 6.20 Å². The molecule has 1 saturated heterocycles. The maximum atomic E-state index is 13.6. The highest BCUT2D eigenvalue weighted by Gasteiger charge is 2.27. The van der Waals surface area contributed by atoms with Crippen LogP contribution in [-0.2, 0) is 0 Å². The average molecular weight is 310 g/mol. The molecule has 0 radical (unpaired) electrons. The molecule has 116 valence electrons. The smallest absolute Gasteiger partial charge is 0.183 e. The number of nitrogens with zero attached hydrogens (tertiary/aromatic N) is 5. The standard InChI is InChI=1S/C16H15FN6/c17-12-7-9-23(10-12)16-14(15-19-21-22-20-15)13(6-8-18-16)11-4-2-1-3-5-11/h1-6,8,12H,7,9-10H2,(H,19,20,21,22)/t12-/m0/s1. The van der Waals surface area contributed by atoms with Crippen molar-refractivity contribution in [2.24, 2.45) is 0 Å². The predicted molar refractivity (Wildman–Crippen MR) is 84.6 cm³/mol. The Labute approximate surface area is 132 Å². The lowest BCUT2D eigenvalue weighted by Gasteiger charge is -2.21. The van der Waals surface area contributed by atoms with E-state index < -0.39 is 6.17 Å². The minimum atomic E-state index is -0.821. The van der Waals surface area contributed by atoms with Gasteiger partial charge in [-0.2, -0.15) is 0 Å². The van der Waals surface area contributed by atoms with Gasteiger partial charge >= 0.3 is 0 Å². The van der Waals surface area contributed by atoms with Crippen LogP contribution in [0.25, 0.3) is 22.5 Å². The second-order valence-corrected chi connectivity index (χ2v) is 5.50. The first kappa shape index (κ1) is 13.8. The average Bonchev–Trinajstić information content (AvgIpc) is 3.26. The van der Waals surface area contributed by atoms with E-state index in [1.165, 1.54) is 0 Å². The Morgan fingerprint density at radius 1 is 1.17 bits per heavy atom. The van der Waals surface area contributed by atoms with Crippen molar-refractivity contribution in [2.75, 3.05) is 18.0 Å². The molecule has 3 heterocycles. The molecule has 3 aromatic rings. The summed E-state index contributed by atoms with van der Waals surface area (Å²) in [5.74, 6) is 1.25. The van der Waals surface area contributed by atoms with Gasteiger partial charge in [0.15, 0.2) is 5.82 Å². The molecule has 4 rings (SSSR count). The second-order valence-electron chi connectivity index (χ2n) is 5.50. The van der Waals surface area contributed by atoms with E-state index in [4.69, 9.17) is 0 Å². The zero-order valence-electron chi connectivity index (χ0n) is 12.4. The van der Waals surface area contributed by atoms with Crippen molar-refractivity contribution in [3.8, 4) is 22.5 Å². The first-order valence-corrected chi connectivity index (χ1v) is 7.50. The zero-order valence-corrected chi connectivity index (χ0v) is 12.4. The number of hydrogen-bond acceptors (Lipinski definition) is 5. The minimum Gasteiger partial charge on any atom is -0.353 e. The molecule has 7 heteroatoms. The van der Waals surface area contributed by atoms with Crippen molar-refractivity contribution in [2.45, 2.75) is 12.6 Å². The second kappa shape index (κ2) is 5.75. The Balaban J connectivity index is 1.90. The van der Waals surface area contributed by atoms with Crippen LogP contribution in [0.5, 0.6) is 0 Å². The summed E-state index contributed by atoms with van der Waals surface area (Å²) in [6, 6.07) is 11.9. The summed E-state index contributed by atoms with van der Waals surface area (Å²) in [4.78, 5) is 6.43. The van der Waals surface area contributed by atoms with Crippen molar-refractivity contribution in [1.29, 1.82) is 0 Å². The Morgan fingerprint density at radius 2 is 2.04 bits per heavy atom. The van der Waals surface area contributed by atoms with Gasteiger partial charge in [-0.1, -0.05) is 30.3 Å². The van der Waals surface area contributed by atoms with Gasteiger partial charge in [0.1, 0.15) is 12.0 Å². The molecule has 1 fully saturated rings. The fourth-order valence-electron chi connectivity index (χ4n) is 2.96. The minimum absolute atomic E-state index is 0.347. The van der Waals surface area contributed by atoms with Gasteiger partial charge in [0.05, 0.1) is 12.1 Å². The summed E-state index contributed by atoms with van der Waals surface area (Å²) in [5.41, 5.74) is 2.81. The lowest BCUT2D eigenvalue weighted by atomic mass is 10.00. The van der Waals surface area contributed by atoms with Crippen LogP contribution in [0.4, 0.5) is 10.2 Å². The van der Waals surface area contributed by atoms with Gasteiger partial charge in [-0.25, -0.2) is 14.5 Å². The SMILES string of the molecule is F[C@H]1CCN(c2nccc(-c3ccccc3)c2-c2nnn[nH]2)C1. The Hall–Kier alpha value is -2.83. The molecule has 1 aliphatic heterocycles. The number of pyridine rings is 1. The molecule has 1 aliphatic rings. The van der Waals surface area contributed by atoms with E-state index in [0.29, 0.717) is 31.2 Å². The van der Waals surface area contributed by atoms with Gasteiger partial charge in [-0.3, -0.25) is 0 Å². The fraction of sp³-hybridized carbons (Fsp3) is 0.250. The number of rotatable bonds is 3. The van der Waals surface area contributed by atoms with Crippen LogP contribution >= 0.6 is 0 Å². The quantitative estimate of drug-likeness (QED) is 0.805. The van der Waals surface area contributed by atoms with Crippen LogP contribution in [0.2, 0.25) is 0 Å². The van der Waals surface area contributed by atoms with Gasteiger partial charge in [0.25, 0.3) is 0 Å². The summed E-state index contributed by atoms with van der Waals surface area (Å²) < 4.78 is 13.6. The Bertz CT molecular complexity index is 790. The highest BCUT2D eigenvalue weighted by atomic mass is 19.1. The summed E-state index contributed by atoms with van der Waals surface area (Å²) in [7, 11) is 0. The Kier molecular flexibility index (Phi) is 3.45. The highest BCUT2D eigenvalue weighted by molar-refractivity contribution is 5.87. The summed E-state index contributed by atoms with van der Waals surface area (Å²) in [5, 5.41) is 14.2. The highest BCUT2D eigenvalue weighted by Crippen LogP contribution is 2.37. The number of H-pyrrole nitrogens is 1. The maximum Gasteiger partial charge on any atom is 0.183 e. The van der Waals surface area contributed by atoms with Gasteiger partial charge in [-0.05, 0) is 34.0 Å². The van der Waals surface area contributed by atoms with Crippen molar-refractivity contribution < 1.29 is 4.39 Å². The molecule has 2 aromatic heterocycles. The summed E-state index contributed by atoms with van der Waals surface area (Å²) in [6.45, 7) is 0.987. The van der Waals surface area contributed by atoms with Crippen molar-refractivity contribution in [1.82, 2.24) is 25.6 Å². The number of tetrazole rings is 1. The summed E-state index contributed by atoms with van der Waals surface area (Å²) >= 11 is 0. The first-order chi connectivity index (χ1) is 11.3. The molecule has 0 aliphatic carbocycles. The van der Waals surface area contributed by atoms with E-state index in [9.17, 15) is 4.39 Å². The molecule has 0 bridgehead atoms. The van der Waals surface area contributed by atoms with E-state index in [-0.39, 0.29) is 0 Å². The van der Waals surface area contributed by atoms with Crippen LogP contribution in [0.15, 0.2) is 42.6 Å². The lowest BCUT2D eigenvalue weighted by Crippen LogP contribution is -2.22. The van der Waals surface area contributed by atoms with E-state index in [0.717, 1.165) is 16.7 Å². The normalized spacial score (nSPS) is 17.6. The largest absolute Gasteiger partial charge is 0.353 e. The third-order valence-corrected chi connectivity index (χ3v) is 4.03. The van der Waals surface area contributed by atoms with E-state index in [1.807, 2.05) is 41.3 Å². The summed E-state index contributed by atoms with van der Waals surface area (Å²) in [6.07, 6.45) is 1.44. The van der Waals surface area contributed by atoms with Gasteiger partial charge in [-0.15, -0.1) is 5.10 Å². The van der Waals surface area contributed by atoms with Crippen LogP contribution in [0.1, 0.15) is 6.42 Å². The van der Waals surface area contributed by atoms with Crippen molar-refractivity contribution >= 4 is 5.82 Å². The molecule has 1 atom stereocenters. The Morgan fingerprint density at radius 3 is 2.74 bits per heavy atom. The number of aromatic nitrogens is 5. The van der Waals surface area contributed by atoms with Gasteiger partial charge in [0.2, 0.25) is 0 Å². The van der Waals surface area contributed by atoms with E-state index >= 15 is 0 Å². The third-order valence-electron chi connectivity index (χ3n) is 4.03. The number of halogens is 1. The predicted octanol–water partition coefficient (Wildman–Crippen LogP) is 2.48. The molecular formula is C16H15FN6. The van der Waals surface area contributed by atoms with Crippen molar-refractivity contribution in [3.05, 3.63) is 42.6 Å². The van der Waals surface area contributed by atoms with Gasteiger partial charge in [0, 0.05) is 12.7 Å².